The van der Waals surface area contributed by atoms with Crippen molar-refractivity contribution in [3.63, 3.8) is 0 Å². The van der Waals surface area contributed by atoms with Crippen molar-refractivity contribution in [3.8, 4) is 0 Å². The molecule has 0 saturated carbocycles. The minimum Gasteiger partial charge on any atom is -0.315 e. The highest BCUT2D eigenvalue weighted by Crippen LogP contribution is 2.31. The average molecular weight is 617 g/mol. The fourth-order valence-electron chi connectivity index (χ4n) is 5.54. The molecule has 4 aromatic carbocycles. The van der Waals surface area contributed by atoms with Crippen LogP contribution in [-0.2, 0) is 10.1 Å². The van der Waals surface area contributed by atoms with Gasteiger partial charge in [-0.25, -0.2) is 0 Å². The SMILES string of the molecule is CS(=O)(=O)O.O=C1c2cccc3cccc(c23)C(=O)N1CCNCCCNCCN1C(=O)c2cccc3cccc(c23)C1=O. The minimum atomic E-state index is -3.67. The Hall–Kier alpha value is -4.49. The molecule has 0 saturated heterocycles. The van der Waals surface area contributed by atoms with Gasteiger partial charge in [0.1, 0.15) is 0 Å². The molecule has 3 N–H and O–H groups in total. The quantitative estimate of drug-likeness (QED) is 0.139. The lowest BCUT2D eigenvalue weighted by atomic mass is 9.94. The van der Waals surface area contributed by atoms with Crippen molar-refractivity contribution < 1.29 is 32.1 Å². The number of carbonyl (C=O) groups is 4. The maximum Gasteiger partial charge on any atom is 0.261 e. The molecule has 0 fully saturated rings. The number of amides is 4. The van der Waals surface area contributed by atoms with E-state index in [0.717, 1.165) is 28.0 Å². The summed E-state index contributed by atoms with van der Waals surface area (Å²) >= 11 is 0. The molecule has 0 atom stereocenters. The fraction of sp³-hybridized carbons (Fsp3) is 0.250. The molecule has 0 radical (unpaired) electrons. The highest BCUT2D eigenvalue weighted by atomic mass is 32.2. The molecule has 0 bridgehead atoms. The predicted molar refractivity (Wildman–Crippen MR) is 166 cm³/mol. The molecule has 0 spiro atoms. The van der Waals surface area contributed by atoms with Gasteiger partial charge in [0.25, 0.3) is 33.7 Å². The van der Waals surface area contributed by atoms with Gasteiger partial charge < -0.3 is 10.6 Å². The van der Waals surface area contributed by atoms with Gasteiger partial charge in [-0.3, -0.25) is 33.5 Å². The van der Waals surface area contributed by atoms with Gasteiger partial charge in [0.05, 0.1) is 6.26 Å². The second-order valence-corrected chi connectivity index (χ2v) is 12.0. The van der Waals surface area contributed by atoms with Crippen molar-refractivity contribution in [1.82, 2.24) is 20.4 Å². The van der Waals surface area contributed by atoms with Gasteiger partial charge in [-0.2, -0.15) is 8.42 Å². The Labute approximate surface area is 254 Å². The van der Waals surface area contributed by atoms with Crippen LogP contribution in [-0.4, -0.2) is 91.9 Å². The molecule has 228 valence electrons. The van der Waals surface area contributed by atoms with Gasteiger partial charge in [0.2, 0.25) is 0 Å². The van der Waals surface area contributed by atoms with Crippen molar-refractivity contribution >= 4 is 55.3 Å². The van der Waals surface area contributed by atoms with Crippen LogP contribution in [0.3, 0.4) is 0 Å². The zero-order valence-corrected chi connectivity index (χ0v) is 24.9. The molecule has 6 rings (SSSR count). The minimum absolute atomic E-state index is 0.256. The largest absolute Gasteiger partial charge is 0.315 e. The molecule has 2 aliphatic heterocycles. The molecule has 11 nitrogen and oxygen atoms in total. The number of nitrogens with one attached hydrogen (secondary N) is 2. The molecular weight excluding hydrogens is 584 g/mol. The molecule has 0 aromatic heterocycles. The highest BCUT2D eigenvalue weighted by molar-refractivity contribution is 7.85. The van der Waals surface area contributed by atoms with Crippen molar-refractivity contribution in [2.24, 2.45) is 0 Å². The van der Waals surface area contributed by atoms with Crippen LogP contribution in [0.5, 0.6) is 0 Å². The maximum atomic E-state index is 13.0. The lowest BCUT2D eigenvalue weighted by Crippen LogP contribution is -2.44. The van der Waals surface area contributed by atoms with Crippen molar-refractivity contribution in [1.29, 1.82) is 0 Å². The van der Waals surface area contributed by atoms with Crippen LogP contribution in [0.25, 0.3) is 21.5 Å². The summed E-state index contributed by atoms with van der Waals surface area (Å²) in [6.07, 6.45) is 1.53. The van der Waals surface area contributed by atoms with Crippen molar-refractivity contribution in [3.05, 3.63) is 95.1 Å². The van der Waals surface area contributed by atoms with Gasteiger partial charge in [0.15, 0.2) is 0 Å². The van der Waals surface area contributed by atoms with Gasteiger partial charge in [-0.15, -0.1) is 0 Å². The third-order valence-corrected chi connectivity index (χ3v) is 7.44. The fourth-order valence-corrected chi connectivity index (χ4v) is 5.54. The molecule has 0 aliphatic carbocycles. The first-order chi connectivity index (χ1) is 21.1. The van der Waals surface area contributed by atoms with Crippen LogP contribution in [0.4, 0.5) is 0 Å². The Kier molecular flexibility index (Phi) is 9.16. The Bertz CT molecular complexity index is 1660. The number of nitrogens with zero attached hydrogens (tertiary/aromatic N) is 2. The molecule has 2 heterocycles. The summed E-state index contributed by atoms with van der Waals surface area (Å²) in [6, 6.07) is 22.1. The Balaban J connectivity index is 0.000000712. The van der Waals surface area contributed by atoms with E-state index in [0.29, 0.717) is 67.8 Å². The van der Waals surface area contributed by atoms with Crippen LogP contribution in [0.15, 0.2) is 72.8 Å². The van der Waals surface area contributed by atoms with Crippen LogP contribution >= 0.6 is 0 Å². The number of hydrogen-bond donors (Lipinski definition) is 3. The van der Waals surface area contributed by atoms with E-state index in [1.807, 2.05) is 48.5 Å². The number of imide groups is 2. The summed E-state index contributed by atoms with van der Waals surface area (Å²) in [5.74, 6) is -1.02. The molecule has 2 aliphatic rings. The average Bonchev–Trinajstić information content (AvgIpc) is 2.99. The third kappa shape index (κ3) is 6.53. The van der Waals surface area contributed by atoms with Crippen molar-refractivity contribution in [2.45, 2.75) is 6.42 Å². The van der Waals surface area contributed by atoms with Crippen LogP contribution in [0.2, 0.25) is 0 Å². The summed E-state index contributed by atoms with van der Waals surface area (Å²) in [5.41, 5.74) is 2.27. The molecule has 12 heteroatoms. The second-order valence-electron chi connectivity index (χ2n) is 10.5. The van der Waals surface area contributed by atoms with Crippen LogP contribution in [0.1, 0.15) is 47.9 Å². The van der Waals surface area contributed by atoms with Crippen LogP contribution in [0, 0.1) is 0 Å². The summed E-state index contributed by atoms with van der Waals surface area (Å²) in [4.78, 5) is 54.5. The van der Waals surface area contributed by atoms with Crippen molar-refractivity contribution in [2.75, 3.05) is 45.5 Å². The molecule has 4 amide bonds. The standard InChI is InChI=1S/C31H28N4O4.CH4O3S/c36-28-22-10-1-6-20-7-2-11-23(26(20)22)29(37)34(28)18-16-32-14-5-15-33-17-19-35-30(38)24-12-3-8-21-9-4-13-25(27(21)24)31(35)39;1-5(2,3)4/h1-4,6-13,32-33H,5,14-19H2;1H3,(H,2,3,4). The van der Waals surface area contributed by atoms with E-state index >= 15 is 0 Å². The summed E-state index contributed by atoms with van der Waals surface area (Å²) < 4.78 is 25.9. The first-order valence-electron chi connectivity index (χ1n) is 14.2. The van der Waals surface area contributed by atoms with Gasteiger partial charge >= 0.3 is 0 Å². The summed E-state index contributed by atoms with van der Waals surface area (Å²) in [5, 5.41) is 9.85. The molecule has 0 unspecified atom stereocenters. The van der Waals surface area contributed by atoms with E-state index in [2.05, 4.69) is 10.6 Å². The number of benzene rings is 4. The van der Waals surface area contributed by atoms with Gasteiger partial charge in [-0.1, -0.05) is 48.5 Å². The Morgan fingerprint density at radius 2 is 0.864 bits per heavy atom. The second kappa shape index (κ2) is 13.0. The Morgan fingerprint density at radius 1 is 0.568 bits per heavy atom. The monoisotopic (exact) mass is 616 g/mol. The van der Waals surface area contributed by atoms with E-state index < -0.39 is 10.1 Å². The van der Waals surface area contributed by atoms with E-state index in [1.165, 1.54) is 9.80 Å². The first-order valence-corrected chi connectivity index (χ1v) is 16.0. The van der Waals surface area contributed by atoms with Gasteiger partial charge in [0, 0.05) is 59.2 Å². The van der Waals surface area contributed by atoms with Crippen LogP contribution < -0.4 is 10.6 Å². The van der Waals surface area contributed by atoms with E-state index in [-0.39, 0.29) is 23.6 Å². The molecular formula is C32H32N4O7S. The number of carbonyl (C=O) groups excluding carboxylic acids is 4. The zero-order chi connectivity index (χ0) is 31.4. The summed E-state index contributed by atoms with van der Waals surface area (Å²) in [7, 11) is -3.67. The lowest BCUT2D eigenvalue weighted by Gasteiger charge is -2.27. The highest BCUT2D eigenvalue weighted by Gasteiger charge is 2.33. The topological polar surface area (TPSA) is 153 Å². The number of hydrogen-bond acceptors (Lipinski definition) is 8. The Morgan fingerprint density at radius 3 is 1.16 bits per heavy atom. The molecule has 44 heavy (non-hydrogen) atoms. The van der Waals surface area contributed by atoms with E-state index in [4.69, 9.17) is 4.55 Å². The van der Waals surface area contributed by atoms with E-state index in [1.54, 1.807) is 24.3 Å². The van der Waals surface area contributed by atoms with Gasteiger partial charge in [-0.05, 0) is 54.5 Å². The normalized spacial score (nSPS) is 14.3. The zero-order valence-electron chi connectivity index (χ0n) is 24.1. The lowest BCUT2D eigenvalue weighted by molar-refractivity contribution is 0.0597. The smallest absolute Gasteiger partial charge is 0.261 e. The predicted octanol–water partition coefficient (Wildman–Crippen LogP) is 2.96. The number of rotatable bonds is 10. The third-order valence-electron chi connectivity index (χ3n) is 7.44. The van der Waals surface area contributed by atoms with E-state index in [9.17, 15) is 27.6 Å². The summed E-state index contributed by atoms with van der Waals surface area (Å²) in [6.45, 7) is 2.99. The maximum absolute atomic E-state index is 13.0. The molecule has 4 aromatic rings. The first kappa shape index (κ1) is 31.0.